The normalized spacial score (nSPS) is 17.7. The van der Waals surface area contributed by atoms with Gasteiger partial charge in [0.2, 0.25) is 0 Å². The molecular formula is C8H12F3NO3. The van der Waals surface area contributed by atoms with Gasteiger partial charge in [-0.05, 0) is 6.42 Å². The van der Waals surface area contributed by atoms with E-state index in [0.29, 0.717) is 17.9 Å². The molecule has 0 spiro atoms. The summed E-state index contributed by atoms with van der Waals surface area (Å²) >= 11 is 0. The first kappa shape index (κ1) is 12.3. The Morgan fingerprint density at radius 3 is 2.53 bits per heavy atom. The number of hydrogen-bond acceptors (Lipinski definition) is 3. The van der Waals surface area contributed by atoms with Crippen LogP contribution in [0.25, 0.3) is 0 Å². The molecule has 0 aliphatic carbocycles. The molecule has 0 atom stereocenters. The monoisotopic (exact) mass is 227 g/mol. The van der Waals surface area contributed by atoms with Crippen molar-refractivity contribution in [1.29, 1.82) is 0 Å². The standard InChI is InChI=1S/C8H12F3NO3/c9-8(10,11)7(14)12-4-6(5-12)15-3-1-2-13/h6,13H,1-5H2. The molecule has 1 N–H and O–H groups in total. The lowest BCUT2D eigenvalue weighted by molar-refractivity contribution is -0.196. The van der Waals surface area contributed by atoms with Crippen LogP contribution in [0.15, 0.2) is 0 Å². The zero-order valence-electron chi connectivity index (χ0n) is 7.96. The zero-order valence-corrected chi connectivity index (χ0v) is 7.96. The summed E-state index contributed by atoms with van der Waals surface area (Å²) in [5, 5.41) is 8.42. The minimum absolute atomic E-state index is 0.0160. The Kier molecular flexibility index (Phi) is 3.92. The van der Waals surface area contributed by atoms with E-state index >= 15 is 0 Å². The van der Waals surface area contributed by atoms with Crippen molar-refractivity contribution in [3.8, 4) is 0 Å². The van der Waals surface area contributed by atoms with Crippen LogP contribution < -0.4 is 0 Å². The Morgan fingerprint density at radius 1 is 1.47 bits per heavy atom. The van der Waals surface area contributed by atoms with Gasteiger partial charge in [0.25, 0.3) is 0 Å². The molecule has 0 saturated carbocycles. The number of nitrogens with zero attached hydrogens (tertiary/aromatic N) is 1. The molecule has 15 heavy (non-hydrogen) atoms. The fourth-order valence-electron chi connectivity index (χ4n) is 1.20. The SMILES string of the molecule is O=C(N1CC(OCCCO)C1)C(F)(F)F. The topological polar surface area (TPSA) is 49.8 Å². The Bertz CT molecular complexity index is 226. The molecular weight excluding hydrogens is 215 g/mol. The van der Waals surface area contributed by atoms with Gasteiger partial charge in [-0.1, -0.05) is 0 Å². The molecule has 1 heterocycles. The molecule has 1 saturated heterocycles. The van der Waals surface area contributed by atoms with Crippen LogP contribution in [0.2, 0.25) is 0 Å². The molecule has 1 fully saturated rings. The second kappa shape index (κ2) is 4.80. The second-order valence-corrected chi connectivity index (χ2v) is 3.28. The molecule has 0 aromatic carbocycles. The van der Waals surface area contributed by atoms with Crippen LogP contribution in [0, 0.1) is 0 Å². The lowest BCUT2D eigenvalue weighted by atomic mass is 10.1. The molecule has 0 aromatic heterocycles. The van der Waals surface area contributed by atoms with Gasteiger partial charge in [0.1, 0.15) is 0 Å². The Labute approximate surface area is 84.6 Å². The number of amides is 1. The van der Waals surface area contributed by atoms with Gasteiger partial charge < -0.3 is 14.7 Å². The van der Waals surface area contributed by atoms with Crippen molar-refractivity contribution in [3.63, 3.8) is 0 Å². The van der Waals surface area contributed by atoms with E-state index in [1.54, 1.807) is 0 Å². The predicted octanol–water partition coefficient (Wildman–Crippen LogP) is 0.159. The number of hydrogen-bond donors (Lipinski definition) is 1. The summed E-state index contributed by atoms with van der Waals surface area (Å²) in [6.07, 6.45) is -4.68. The third-order valence-electron chi connectivity index (χ3n) is 2.03. The highest BCUT2D eigenvalue weighted by molar-refractivity contribution is 5.82. The quantitative estimate of drug-likeness (QED) is 0.696. The van der Waals surface area contributed by atoms with E-state index < -0.39 is 12.1 Å². The van der Waals surface area contributed by atoms with Crippen LogP contribution in [0.4, 0.5) is 13.2 Å². The minimum Gasteiger partial charge on any atom is -0.396 e. The van der Waals surface area contributed by atoms with Gasteiger partial charge in [-0.25, -0.2) is 0 Å². The van der Waals surface area contributed by atoms with Crippen LogP contribution in [-0.4, -0.2) is 54.5 Å². The smallest absolute Gasteiger partial charge is 0.396 e. The van der Waals surface area contributed by atoms with Crippen LogP contribution in [0.3, 0.4) is 0 Å². The summed E-state index contributed by atoms with van der Waals surface area (Å²) < 4.78 is 40.8. The highest BCUT2D eigenvalue weighted by Gasteiger charge is 2.46. The van der Waals surface area contributed by atoms with Crippen LogP contribution >= 0.6 is 0 Å². The van der Waals surface area contributed by atoms with E-state index in [1.165, 1.54) is 0 Å². The lowest BCUT2D eigenvalue weighted by Gasteiger charge is -2.38. The minimum atomic E-state index is -4.80. The van der Waals surface area contributed by atoms with E-state index in [4.69, 9.17) is 9.84 Å². The number of alkyl halides is 3. The summed E-state index contributed by atoms with van der Waals surface area (Å²) in [4.78, 5) is 11.3. The van der Waals surface area contributed by atoms with E-state index in [9.17, 15) is 18.0 Å². The van der Waals surface area contributed by atoms with Gasteiger partial charge >= 0.3 is 12.1 Å². The summed E-state index contributed by atoms with van der Waals surface area (Å²) in [5.74, 6) is -1.82. The van der Waals surface area contributed by atoms with E-state index in [2.05, 4.69) is 0 Å². The number of likely N-dealkylation sites (tertiary alicyclic amines) is 1. The third kappa shape index (κ3) is 3.35. The van der Waals surface area contributed by atoms with Gasteiger partial charge in [0.05, 0.1) is 6.10 Å². The average Bonchev–Trinajstić information content (AvgIpc) is 2.06. The van der Waals surface area contributed by atoms with Gasteiger partial charge in [-0.3, -0.25) is 4.79 Å². The summed E-state index contributed by atoms with van der Waals surface area (Å²) in [6.45, 7) is 0.237. The molecule has 1 rings (SSSR count). The molecule has 88 valence electrons. The molecule has 0 unspecified atom stereocenters. The van der Waals surface area contributed by atoms with Crippen molar-refractivity contribution in [2.24, 2.45) is 0 Å². The van der Waals surface area contributed by atoms with Crippen molar-refractivity contribution in [2.75, 3.05) is 26.3 Å². The molecule has 4 nitrogen and oxygen atoms in total. The molecule has 0 bridgehead atoms. The molecule has 0 radical (unpaired) electrons. The summed E-state index contributed by atoms with van der Waals surface area (Å²) in [7, 11) is 0. The average molecular weight is 227 g/mol. The van der Waals surface area contributed by atoms with Crippen LogP contribution in [-0.2, 0) is 9.53 Å². The first-order chi connectivity index (χ1) is 6.95. The second-order valence-electron chi connectivity index (χ2n) is 3.28. The number of rotatable bonds is 4. The number of ether oxygens (including phenoxy) is 1. The van der Waals surface area contributed by atoms with Gasteiger partial charge in [-0.15, -0.1) is 0 Å². The number of halogens is 3. The molecule has 7 heteroatoms. The molecule has 0 aromatic rings. The first-order valence-corrected chi connectivity index (χ1v) is 4.53. The maximum absolute atomic E-state index is 11.9. The highest BCUT2D eigenvalue weighted by Crippen LogP contribution is 2.23. The Morgan fingerprint density at radius 2 is 2.07 bits per heavy atom. The maximum Gasteiger partial charge on any atom is 0.471 e. The van der Waals surface area contributed by atoms with Crippen molar-refractivity contribution in [3.05, 3.63) is 0 Å². The van der Waals surface area contributed by atoms with Crippen LogP contribution in [0.1, 0.15) is 6.42 Å². The van der Waals surface area contributed by atoms with Gasteiger partial charge in [-0.2, -0.15) is 13.2 Å². The first-order valence-electron chi connectivity index (χ1n) is 4.53. The molecule has 1 amide bonds. The van der Waals surface area contributed by atoms with Gasteiger partial charge in [0, 0.05) is 26.3 Å². The lowest BCUT2D eigenvalue weighted by Crippen LogP contribution is -2.58. The van der Waals surface area contributed by atoms with Crippen LogP contribution in [0.5, 0.6) is 0 Å². The van der Waals surface area contributed by atoms with Crippen molar-refractivity contribution < 1.29 is 27.8 Å². The Hall–Kier alpha value is -0.820. The number of aliphatic hydroxyl groups excluding tert-OH is 1. The fourth-order valence-corrected chi connectivity index (χ4v) is 1.20. The summed E-state index contributed by atoms with van der Waals surface area (Å²) in [5.41, 5.74) is 0. The number of aliphatic hydroxyl groups is 1. The van der Waals surface area contributed by atoms with E-state index in [1.807, 2.05) is 0 Å². The third-order valence-corrected chi connectivity index (χ3v) is 2.03. The van der Waals surface area contributed by atoms with E-state index in [0.717, 1.165) is 0 Å². The van der Waals surface area contributed by atoms with Crippen molar-refractivity contribution in [2.45, 2.75) is 18.7 Å². The zero-order chi connectivity index (χ0) is 11.5. The Balaban J connectivity index is 2.17. The number of carbonyl (C=O) groups is 1. The van der Waals surface area contributed by atoms with Crippen molar-refractivity contribution in [1.82, 2.24) is 4.90 Å². The maximum atomic E-state index is 11.9. The summed E-state index contributed by atoms with van der Waals surface area (Å²) in [6, 6.07) is 0. The predicted molar refractivity (Wildman–Crippen MR) is 44.1 cm³/mol. The fraction of sp³-hybridized carbons (Fsp3) is 0.875. The highest BCUT2D eigenvalue weighted by atomic mass is 19.4. The largest absolute Gasteiger partial charge is 0.471 e. The number of carbonyl (C=O) groups excluding carboxylic acids is 1. The molecule has 1 aliphatic heterocycles. The van der Waals surface area contributed by atoms with Crippen molar-refractivity contribution >= 4 is 5.91 Å². The van der Waals surface area contributed by atoms with E-state index in [-0.39, 0.29) is 25.8 Å². The van der Waals surface area contributed by atoms with Gasteiger partial charge in [0.15, 0.2) is 0 Å². The molecule has 1 aliphatic rings.